The van der Waals surface area contributed by atoms with Crippen LogP contribution >= 0.6 is 7.82 Å². The Bertz CT molecular complexity index is 1140. The largest absolute Gasteiger partial charge is 0.756 e. The number of nitrogens with zero attached hydrogens (tertiary/aromatic N) is 1. The highest BCUT2D eigenvalue weighted by molar-refractivity contribution is 7.45. The maximum Gasteiger partial charge on any atom is 0.306 e. The second-order valence-corrected chi connectivity index (χ2v) is 21.3. The molecule has 0 saturated heterocycles. The summed E-state index contributed by atoms with van der Waals surface area (Å²) in [5, 5.41) is 0. The average molecular weight is 938 g/mol. The average Bonchev–Trinajstić information content (AvgIpc) is 3.27. The van der Waals surface area contributed by atoms with Gasteiger partial charge in [-0.3, -0.25) is 9.36 Å². The lowest BCUT2D eigenvalue weighted by molar-refractivity contribution is -0.870. The summed E-state index contributed by atoms with van der Waals surface area (Å²) in [6.45, 7) is 5.42. The summed E-state index contributed by atoms with van der Waals surface area (Å²) < 4.78 is 34.8. The fourth-order valence-electron chi connectivity index (χ4n) is 7.87. The van der Waals surface area contributed by atoms with Crippen molar-refractivity contribution in [3.63, 3.8) is 0 Å². The summed E-state index contributed by atoms with van der Waals surface area (Å²) >= 11 is 0. The van der Waals surface area contributed by atoms with Crippen molar-refractivity contribution in [1.29, 1.82) is 0 Å². The lowest BCUT2D eigenvalue weighted by atomic mass is 10.0. The van der Waals surface area contributed by atoms with E-state index in [2.05, 4.69) is 50.3 Å². The van der Waals surface area contributed by atoms with E-state index in [0.29, 0.717) is 24.1 Å². The van der Waals surface area contributed by atoms with Crippen LogP contribution in [0.5, 0.6) is 0 Å². The molecule has 2 atom stereocenters. The van der Waals surface area contributed by atoms with E-state index >= 15 is 0 Å². The molecule has 9 heteroatoms. The van der Waals surface area contributed by atoms with E-state index < -0.39 is 13.9 Å². The third-order valence-corrected chi connectivity index (χ3v) is 13.1. The number of quaternary nitrogens is 1. The van der Waals surface area contributed by atoms with Gasteiger partial charge in [0.1, 0.15) is 19.3 Å². The van der Waals surface area contributed by atoms with E-state index in [-0.39, 0.29) is 25.8 Å². The van der Waals surface area contributed by atoms with Gasteiger partial charge in [0.25, 0.3) is 7.82 Å². The van der Waals surface area contributed by atoms with Gasteiger partial charge in [0, 0.05) is 13.0 Å². The molecule has 384 valence electrons. The molecule has 0 aliphatic carbocycles. The van der Waals surface area contributed by atoms with Gasteiger partial charge in [0.15, 0.2) is 0 Å². The number of carbonyl (C=O) groups excluding carboxylic acids is 1. The molecule has 0 rings (SSSR count). The number of allylic oxidation sites excluding steroid dienone is 6. The van der Waals surface area contributed by atoms with Crippen LogP contribution in [-0.2, 0) is 27.9 Å². The molecular weight excluding hydrogens is 830 g/mol. The summed E-state index contributed by atoms with van der Waals surface area (Å²) in [7, 11) is 1.36. The number of likely N-dealkylation sites (N-methyl/N-ethyl adjacent to an activating group) is 1. The van der Waals surface area contributed by atoms with Crippen LogP contribution in [0.1, 0.15) is 258 Å². The fraction of sp³-hybridized carbons (Fsp3) is 0.875. The summed E-state index contributed by atoms with van der Waals surface area (Å²) in [5.41, 5.74) is 0. The van der Waals surface area contributed by atoms with Gasteiger partial charge in [-0.15, -0.1) is 0 Å². The number of ether oxygens (including phenoxy) is 2. The monoisotopic (exact) mass is 938 g/mol. The Balaban J connectivity index is 4.04. The zero-order valence-electron chi connectivity index (χ0n) is 43.7. The number of phosphoric ester groups is 1. The number of hydrogen-bond acceptors (Lipinski definition) is 7. The molecule has 0 heterocycles. The molecule has 0 aliphatic rings. The van der Waals surface area contributed by atoms with Crippen molar-refractivity contribution in [3.05, 3.63) is 36.5 Å². The Morgan fingerprint density at radius 2 is 0.846 bits per heavy atom. The molecule has 0 N–H and O–H groups in total. The van der Waals surface area contributed by atoms with E-state index in [1.54, 1.807) is 0 Å². The standard InChI is InChI=1S/C56H108NO7P/c1-6-8-10-12-14-16-18-20-22-24-25-26-27-28-29-30-31-32-34-36-38-40-42-44-46-48-51-61-53-55(54-63-65(59,60)62-52-50-57(3,4)5)64-56(58)49-47-45-43-41-39-37-35-33-23-21-19-17-15-13-11-9-7-2/h15,17,21,23-25,55H,6-14,16,18-20,22,26-54H2,1-5H3/b17-15-,23-21-,25-24-. The molecule has 65 heavy (non-hydrogen) atoms. The molecular formula is C56H108NO7P. The van der Waals surface area contributed by atoms with Gasteiger partial charge in [-0.25, -0.2) is 0 Å². The minimum Gasteiger partial charge on any atom is -0.756 e. The van der Waals surface area contributed by atoms with E-state index in [1.165, 1.54) is 193 Å². The number of unbranched alkanes of at least 4 members (excludes halogenated alkanes) is 32. The van der Waals surface area contributed by atoms with Crippen molar-refractivity contribution in [1.82, 2.24) is 0 Å². The van der Waals surface area contributed by atoms with Crippen LogP contribution in [0, 0.1) is 0 Å². The van der Waals surface area contributed by atoms with Gasteiger partial charge in [-0.2, -0.15) is 0 Å². The second-order valence-electron chi connectivity index (χ2n) is 19.9. The molecule has 0 fully saturated rings. The van der Waals surface area contributed by atoms with Crippen molar-refractivity contribution < 1.29 is 37.3 Å². The first-order valence-electron chi connectivity index (χ1n) is 27.7. The zero-order chi connectivity index (χ0) is 47.6. The van der Waals surface area contributed by atoms with Gasteiger partial charge in [-0.05, 0) is 70.6 Å². The van der Waals surface area contributed by atoms with E-state index in [1.807, 2.05) is 21.1 Å². The maximum absolute atomic E-state index is 12.8. The van der Waals surface area contributed by atoms with Crippen molar-refractivity contribution in [2.24, 2.45) is 0 Å². The Morgan fingerprint density at radius 3 is 1.29 bits per heavy atom. The summed E-state index contributed by atoms with van der Waals surface area (Å²) in [6.07, 6.45) is 60.4. The van der Waals surface area contributed by atoms with Crippen molar-refractivity contribution in [2.45, 2.75) is 264 Å². The highest BCUT2D eigenvalue weighted by atomic mass is 31.2. The molecule has 0 amide bonds. The van der Waals surface area contributed by atoms with Gasteiger partial charge in [-0.1, -0.05) is 217 Å². The molecule has 0 radical (unpaired) electrons. The van der Waals surface area contributed by atoms with Crippen LogP contribution in [0.25, 0.3) is 0 Å². The molecule has 2 unspecified atom stereocenters. The highest BCUT2D eigenvalue weighted by Crippen LogP contribution is 2.38. The minimum absolute atomic E-state index is 0.0253. The third-order valence-electron chi connectivity index (χ3n) is 12.2. The second kappa shape index (κ2) is 49.2. The number of hydrogen-bond donors (Lipinski definition) is 0. The van der Waals surface area contributed by atoms with Gasteiger partial charge in [0.2, 0.25) is 0 Å². The van der Waals surface area contributed by atoms with Crippen LogP contribution in [0.3, 0.4) is 0 Å². The lowest BCUT2D eigenvalue weighted by Gasteiger charge is -2.28. The van der Waals surface area contributed by atoms with E-state index in [4.69, 9.17) is 18.5 Å². The SMILES string of the molecule is CCCCC/C=C\C/C=C\CCCCCCCCCC(=O)OC(COCCCCCCCCCCCCCCCC/C=C\CCCCCCCCCC)COP(=O)([O-])OCC[N+](C)(C)C. The highest BCUT2D eigenvalue weighted by Gasteiger charge is 2.20. The Kier molecular flexibility index (Phi) is 48.2. The lowest BCUT2D eigenvalue weighted by Crippen LogP contribution is -2.37. The molecule has 0 spiro atoms. The molecule has 0 aliphatic heterocycles. The van der Waals surface area contributed by atoms with E-state index in [0.717, 1.165) is 44.9 Å². The van der Waals surface area contributed by atoms with Gasteiger partial charge < -0.3 is 27.9 Å². The van der Waals surface area contributed by atoms with Gasteiger partial charge >= 0.3 is 5.97 Å². The first-order chi connectivity index (χ1) is 31.6. The molecule has 0 bridgehead atoms. The van der Waals surface area contributed by atoms with Crippen LogP contribution in [0.4, 0.5) is 0 Å². The number of carbonyl (C=O) groups is 1. The Labute approximate surface area is 404 Å². The number of esters is 1. The third kappa shape index (κ3) is 53.5. The normalized spacial score (nSPS) is 13.8. The quantitative estimate of drug-likeness (QED) is 0.0197. The molecule has 0 saturated carbocycles. The maximum atomic E-state index is 12.8. The number of phosphoric acid groups is 1. The first-order valence-corrected chi connectivity index (χ1v) is 29.2. The summed E-state index contributed by atoms with van der Waals surface area (Å²) in [4.78, 5) is 25.2. The minimum atomic E-state index is -4.53. The van der Waals surface area contributed by atoms with Crippen LogP contribution in [0.2, 0.25) is 0 Å². The Hall–Kier alpha value is -1.28. The van der Waals surface area contributed by atoms with Crippen LogP contribution in [0.15, 0.2) is 36.5 Å². The van der Waals surface area contributed by atoms with Crippen molar-refractivity contribution in [2.75, 3.05) is 54.1 Å². The molecule has 0 aromatic carbocycles. The number of rotatable bonds is 52. The van der Waals surface area contributed by atoms with Crippen LogP contribution in [-0.4, -0.2) is 70.7 Å². The van der Waals surface area contributed by atoms with Gasteiger partial charge in [0.05, 0.1) is 34.4 Å². The predicted octanol–water partition coefficient (Wildman–Crippen LogP) is 16.7. The first kappa shape index (κ1) is 63.7. The smallest absolute Gasteiger partial charge is 0.306 e. The fourth-order valence-corrected chi connectivity index (χ4v) is 8.60. The zero-order valence-corrected chi connectivity index (χ0v) is 44.6. The topological polar surface area (TPSA) is 94.1 Å². The summed E-state index contributed by atoms with van der Waals surface area (Å²) in [6, 6.07) is 0. The molecule has 0 aromatic rings. The van der Waals surface area contributed by atoms with E-state index in [9.17, 15) is 14.3 Å². The van der Waals surface area contributed by atoms with Crippen molar-refractivity contribution in [3.8, 4) is 0 Å². The van der Waals surface area contributed by atoms with Crippen LogP contribution < -0.4 is 4.89 Å². The summed E-state index contributed by atoms with van der Waals surface area (Å²) in [5.74, 6) is -0.338. The molecule has 0 aromatic heterocycles. The molecule has 8 nitrogen and oxygen atoms in total. The Morgan fingerprint density at radius 1 is 0.477 bits per heavy atom. The van der Waals surface area contributed by atoms with Crippen molar-refractivity contribution >= 4 is 13.8 Å². The predicted molar refractivity (Wildman–Crippen MR) is 277 cm³/mol.